The lowest BCUT2D eigenvalue weighted by atomic mass is 10.00. The van der Waals surface area contributed by atoms with Crippen LogP contribution in [0.2, 0.25) is 5.02 Å². The fraction of sp³-hybridized carbons (Fsp3) is 0.350. The molecule has 0 atom stereocenters. The number of sulfonamides is 1. The Kier molecular flexibility index (Phi) is 5.73. The third-order valence-corrected chi connectivity index (χ3v) is 7.95. The van der Waals surface area contributed by atoms with E-state index in [9.17, 15) is 23.3 Å². The van der Waals surface area contributed by atoms with Crippen molar-refractivity contribution in [3.8, 4) is 0 Å². The highest BCUT2D eigenvalue weighted by atomic mass is 35.5. The van der Waals surface area contributed by atoms with Crippen molar-refractivity contribution in [2.24, 2.45) is 0 Å². The van der Waals surface area contributed by atoms with Crippen molar-refractivity contribution < 1.29 is 22.9 Å². The molecule has 2 aliphatic heterocycles. The van der Waals surface area contributed by atoms with Gasteiger partial charge in [-0.2, -0.15) is 4.31 Å². The maximum atomic E-state index is 13.2. The van der Waals surface area contributed by atoms with Crippen molar-refractivity contribution in [2.45, 2.75) is 23.5 Å². The van der Waals surface area contributed by atoms with Gasteiger partial charge in [-0.15, -0.1) is 0 Å². The molecule has 11 heteroatoms. The summed E-state index contributed by atoms with van der Waals surface area (Å²) in [4.78, 5) is 25.0. The van der Waals surface area contributed by atoms with E-state index in [2.05, 4.69) is 0 Å². The number of hydrogen-bond acceptors (Lipinski definition) is 6. The summed E-state index contributed by atoms with van der Waals surface area (Å²) >= 11 is 6.09. The van der Waals surface area contributed by atoms with Gasteiger partial charge in [0, 0.05) is 44.6 Å². The quantitative estimate of drug-likeness (QED) is 0.507. The van der Waals surface area contributed by atoms with Crippen molar-refractivity contribution in [1.29, 1.82) is 0 Å². The normalized spacial score (nSPS) is 18.9. The van der Waals surface area contributed by atoms with Gasteiger partial charge in [-0.05, 0) is 18.2 Å². The standard InChI is InChI=1S/C20H20ClN3O6S/c21-18-14-15(24(26)27)6-7-17(18)19(25)22-10-8-20(9-11-22)23(12-13-30-20)31(28,29)16-4-2-1-3-5-16/h1-7,14H,8-13H2. The minimum absolute atomic E-state index is 0.00452. The number of amides is 1. The Morgan fingerprint density at radius 1 is 1.10 bits per heavy atom. The van der Waals surface area contributed by atoms with Crippen LogP contribution in [0, 0.1) is 10.1 Å². The minimum atomic E-state index is -3.74. The number of rotatable bonds is 4. The molecule has 2 heterocycles. The van der Waals surface area contributed by atoms with Gasteiger partial charge < -0.3 is 9.64 Å². The van der Waals surface area contributed by atoms with Crippen molar-refractivity contribution >= 4 is 33.2 Å². The summed E-state index contributed by atoms with van der Waals surface area (Å²) in [5.74, 6) is -0.356. The Morgan fingerprint density at radius 3 is 2.39 bits per heavy atom. The Bertz CT molecular complexity index is 1120. The van der Waals surface area contributed by atoms with E-state index in [-0.39, 0.29) is 53.3 Å². The van der Waals surface area contributed by atoms with Crippen LogP contribution < -0.4 is 0 Å². The molecule has 2 fully saturated rings. The van der Waals surface area contributed by atoms with Gasteiger partial charge in [0.15, 0.2) is 0 Å². The average molecular weight is 466 g/mol. The topological polar surface area (TPSA) is 110 Å². The molecule has 2 aliphatic rings. The van der Waals surface area contributed by atoms with Gasteiger partial charge in [-0.1, -0.05) is 29.8 Å². The van der Waals surface area contributed by atoms with Crippen molar-refractivity contribution in [3.63, 3.8) is 0 Å². The molecule has 4 rings (SSSR count). The highest BCUT2D eigenvalue weighted by molar-refractivity contribution is 7.89. The van der Waals surface area contributed by atoms with E-state index in [1.807, 2.05) is 0 Å². The first-order valence-electron chi connectivity index (χ1n) is 9.70. The SMILES string of the molecule is O=C(c1ccc([N+](=O)[O-])cc1Cl)N1CCC2(CC1)OCCN2S(=O)(=O)c1ccccc1. The van der Waals surface area contributed by atoms with Crippen LogP contribution in [0.25, 0.3) is 0 Å². The summed E-state index contributed by atoms with van der Waals surface area (Å²) < 4.78 is 33.6. The number of likely N-dealkylation sites (tertiary alicyclic amines) is 1. The number of ether oxygens (including phenoxy) is 1. The molecule has 2 aromatic rings. The number of non-ortho nitro benzene ring substituents is 1. The Balaban J connectivity index is 1.51. The molecule has 9 nitrogen and oxygen atoms in total. The van der Waals surface area contributed by atoms with Crippen LogP contribution in [0.3, 0.4) is 0 Å². The molecule has 0 bridgehead atoms. The number of carbonyl (C=O) groups is 1. The fourth-order valence-corrected chi connectivity index (χ4v) is 6.07. The molecular formula is C20H20ClN3O6S. The number of nitrogens with zero attached hydrogens (tertiary/aromatic N) is 3. The van der Waals surface area contributed by atoms with E-state index in [4.69, 9.17) is 16.3 Å². The third-order valence-electron chi connectivity index (χ3n) is 5.68. The van der Waals surface area contributed by atoms with Gasteiger partial charge in [-0.25, -0.2) is 8.42 Å². The average Bonchev–Trinajstić information content (AvgIpc) is 3.18. The van der Waals surface area contributed by atoms with Crippen molar-refractivity contribution in [2.75, 3.05) is 26.2 Å². The molecule has 0 radical (unpaired) electrons. The summed E-state index contributed by atoms with van der Waals surface area (Å²) in [6.07, 6.45) is 0.630. The molecule has 2 saturated heterocycles. The first kappa shape index (κ1) is 21.7. The molecule has 2 aromatic carbocycles. The lowest BCUT2D eigenvalue weighted by molar-refractivity contribution is -0.384. The smallest absolute Gasteiger partial charge is 0.270 e. The van der Waals surface area contributed by atoms with Crippen LogP contribution in [0.4, 0.5) is 5.69 Å². The Labute approximate surface area is 184 Å². The van der Waals surface area contributed by atoms with E-state index in [0.29, 0.717) is 12.8 Å². The minimum Gasteiger partial charge on any atom is -0.358 e. The number of piperidine rings is 1. The van der Waals surface area contributed by atoms with E-state index >= 15 is 0 Å². The lowest BCUT2D eigenvalue weighted by Crippen LogP contribution is -2.55. The maximum absolute atomic E-state index is 13.2. The predicted octanol–water partition coefficient (Wildman–Crippen LogP) is 2.90. The summed E-state index contributed by atoms with van der Waals surface area (Å²) in [5, 5.41) is 10.9. The molecule has 0 unspecified atom stereocenters. The number of nitro benzene ring substituents is 1. The molecular weight excluding hydrogens is 446 g/mol. The zero-order valence-electron chi connectivity index (χ0n) is 16.4. The van der Waals surface area contributed by atoms with Gasteiger partial charge in [0.05, 0.1) is 27.0 Å². The highest BCUT2D eigenvalue weighted by Gasteiger charge is 2.51. The van der Waals surface area contributed by atoms with E-state index in [0.717, 1.165) is 6.07 Å². The first-order valence-corrected chi connectivity index (χ1v) is 11.5. The second-order valence-corrected chi connectivity index (χ2v) is 9.67. The number of benzene rings is 2. The summed E-state index contributed by atoms with van der Waals surface area (Å²) in [6, 6.07) is 11.9. The number of carbonyl (C=O) groups excluding carboxylic acids is 1. The summed E-state index contributed by atoms with van der Waals surface area (Å²) in [7, 11) is -3.74. The zero-order valence-corrected chi connectivity index (χ0v) is 18.0. The molecule has 31 heavy (non-hydrogen) atoms. The zero-order chi connectivity index (χ0) is 22.2. The molecule has 1 spiro atoms. The summed E-state index contributed by atoms with van der Waals surface area (Å²) in [6.45, 7) is 1.08. The Morgan fingerprint density at radius 2 is 1.77 bits per heavy atom. The van der Waals surface area contributed by atoms with Crippen molar-refractivity contribution in [1.82, 2.24) is 9.21 Å². The first-order chi connectivity index (χ1) is 14.7. The fourth-order valence-electron chi connectivity index (χ4n) is 4.07. The second kappa shape index (κ2) is 8.19. The van der Waals surface area contributed by atoms with Crippen molar-refractivity contribution in [3.05, 3.63) is 69.2 Å². The lowest BCUT2D eigenvalue weighted by Gasteiger charge is -2.42. The maximum Gasteiger partial charge on any atom is 0.270 e. The molecule has 0 saturated carbocycles. The van der Waals surface area contributed by atoms with Gasteiger partial charge in [0.1, 0.15) is 5.72 Å². The van der Waals surface area contributed by atoms with Gasteiger partial charge >= 0.3 is 0 Å². The number of nitro groups is 1. The van der Waals surface area contributed by atoms with Gasteiger partial charge in [0.2, 0.25) is 10.0 Å². The van der Waals surface area contributed by atoms with Gasteiger partial charge in [0.25, 0.3) is 11.6 Å². The molecule has 1 amide bonds. The summed E-state index contributed by atoms with van der Waals surface area (Å²) in [5.41, 5.74) is -1.02. The van der Waals surface area contributed by atoms with Crippen LogP contribution in [-0.4, -0.2) is 60.4 Å². The van der Waals surface area contributed by atoms with Gasteiger partial charge in [-0.3, -0.25) is 14.9 Å². The van der Waals surface area contributed by atoms with Crippen LogP contribution in [0.5, 0.6) is 0 Å². The molecule has 164 valence electrons. The largest absolute Gasteiger partial charge is 0.358 e. The van der Waals surface area contributed by atoms with E-state index in [1.165, 1.54) is 16.4 Å². The molecule has 0 aliphatic carbocycles. The predicted molar refractivity (Wildman–Crippen MR) is 112 cm³/mol. The number of halogens is 1. The van der Waals surface area contributed by atoms with E-state index < -0.39 is 20.7 Å². The Hall–Kier alpha value is -2.53. The van der Waals surface area contributed by atoms with Crippen LogP contribution in [0.1, 0.15) is 23.2 Å². The second-order valence-electron chi connectivity index (χ2n) is 7.40. The highest BCUT2D eigenvalue weighted by Crippen LogP contribution is 2.38. The van der Waals surface area contributed by atoms with E-state index in [1.54, 1.807) is 35.2 Å². The third kappa shape index (κ3) is 3.91. The van der Waals surface area contributed by atoms with Crippen LogP contribution >= 0.6 is 11.6 Å². The van der Waals surface area contributed by atoms with Crippen LogP contribution in [0.15, 0.2) is 53.4 Å². The van der Waals surface area contributed by atoms with Crippen LogP contribution in [-0.2, 0) is 14.8 Å². The molecule has 0 N–H and O–H groups in total. The number of hydrogen-bond donors (Lipinski definition) is 0. The monoisotopic (exact) mass is 465 g/mol. The molecule has 0 aromatic heterocycles.